The van der Waals surface area contributed by atoms with Crippen molar-refractivity contribution in [2.45, 2.75) is 64.5 Å². The lowest BCUT2D eigenvalue weighted by molar-refractivity contribution is -0.136. The number of aryl methyl sites for hydroxylation is 2. The van der Waals surface area contributed by atoms with E-state index in [1.807, 2.05) is 47.8 Å². The van der Waals surface area contributed by atoms with Gasteiger partial charge in [-0.15, -0.1) is 0 Å². The number of hydrogen-bond donors (Lipinski definition) is 0. The van der Waals surface area contributed by atoms with Crippen LogP contribution in [0, 0.1) is 6.92 Å². The number of fused-ring (bicyclic) bond motifs is 1. The average molecular weight is 367 g/mol. The number of carbonyl (C=O) groups excluding carboxylic acids is 1. The summed E-state index contributed by atoms with van der Waals surface area (Å²) in [7, 11) is 2.02. The molecule has 0 bridgehead atoms. The maximum atomic E-state index is 13.0. The Bertz CT molecular complexity index is 804. The van der Waals surface area contributed by atoms with Gasteiger partial charge in [0.2, 0.25) is 0 Å². The standard InChI is InChI=1S/C22H29N3O2/c1-16-10-12-18(13-11-16)27-15-22(26)25(17-6-3-4-7-17)14-20-19-8-5-9-21(19)24(2)23-20/h10-13,17H,3-9,14-15H2,1-2H3. The van der Waals surface area contributed by atoms with E-state index in [-0.39, 0.29) is 12.5 Å². The first-order valence-electron chi connectivity index (χ1n) is 10.1. The van der Waals surface area contributed by atoms with Crippen LogP contribution in [0.3, 0.4) is 0 Å². The van der Waals surface area contributed by atoms with E-state index in [9.17, 15) is 4.79 Å². The normalized spacial score (nSPS) is 16.5. The second-order valence-corrected chi connectivity index (χ2v) is 7.91. The first-order chi connectivity index (χ1) is 13.1. The van der Waals surface area contributed by atoms with E-state index in [4.69, 9.17) is 9.84 Å². The van der Waals surface area contributed by atoms with E-state index in [1.54, 1.807) is 0 Å². The molecule has 5 heteroatoms. The SMILES string of the molecule is Cc1ccc(OCC(=O)N(Cc2nn(C)c3c2CCC3)C2CCCC2)cc1. The Morgan fingerprint density at radius 1 is 1.19 bits per heavy atom. The molecule has 2 aromatic rings. The fourth-order valence-electron chi connectivity index (χ4n) is 4.49. The molecular formula is C22H29N3O2. The van der Waals surface area contributed by atoms with Crippen molar-refractivity contribution in [1.82, 2.24) is 14.7 Å². The number of benzene rings is 1. The fraction of sp³-hybridized carbons (Fsp3) is 0.545. The van der Waals surface area contributed by atoms with Gasteiger partial charge in [-0.05, 0) is 56.7 Å². The van der Waals surface area contributed by atoms with Gasteiger partial charge in [0.25, 0.3) is 5.91 Å². The zero-order valence-corrected chi connectivity index (χ0v) is 16.4. The van der Waals surface area contributed by atoms with Crippen LogP contribution in [0.2, 0.25) is 0 Å². The van der Waals surface area contributed by atoms with Crippen molar-refractivity contribution in [3.63, 3.8) is 0 Å². The lowest BCUT2D eigenvalue weighted by Crippen LogP contribution is -2.41. The summed E-state index contributed by atoms with van der Waals surface area (Å²) >= 11 is 0. The van der Waals surface area contributed by atoms with Gasteiger partial charge < -0.3 is 9.64 Å². The van der Waals surface area contributed by atoms with Crippen LogP contribution in [-0.4, -0.2) is 33.2 Å². The molecule has 2 aliphatic carbocycles. The number of rotatable bonds is 6. The van der Waals surface area contributed by atoms with E-state index in [2.05, 4.69) is 0 Å². The Morgan fingerprint density at radius 3 is 2.67 bits per heavy atom. The zero-order chi connectivity index (χ0) is 18.8. The largest absolute Gasteiger partial charge is 0.484 e. The van der Waals surface area contributed by atoms with Crippen molar-refractivity contribution in [3.05, 3.63) is 46.8 Å². The van der Waals surface area contributed by atoms with Crippen molar-refractivity contribution in [1.29, 1.82) is 0 Å². The number of carbonyl (C=O) groups is 1. The Labute approximate surface area is 161 Å². The quantitative estimate of drug-likeness (QED) is 0.784. The lowest BCUT2D eigenvalue weighted by Gasteiger charge is -2.28. The molecule has 1 amide bonds. The van der Waals surface area contributed by atoms with E-state index in [0.29, 0.717) is 12.6 Å². The molecule has 1 aromatic heterocycles. The van der Waals surface area contributed by atoms with Crippen LogP contribution in [0.25, 0.3) is 0 Å². The zero-order valence-electron chi connectivity index (χ0n) is 16.4. The van der Waals surface area contributed by atoms with E-state index >= 15 is 0 Å². The molecule has 144 valence electrons. The molecule has 1 saturated carbocycles. The van der Waals surface area contributed by atoms with Crippen LogP contribution in [0.15, 0.2) is 24.3 Å². The van der Waals surface area contributed by atoms with Crippen molar-refractivity contribution in [2.24, 2.45) is 7.05 Å². The third-order valence-corrected chi connectivity index (χ3v) is 5.99. The molecule has 5 nitrogen and oxygen atoms in total. The Hall–Kier alpha value is -2.30. The minimum Gasteiger partial charge on any atom is -0.484 e. The van der Waals surface area contributed by atoms with Gasteiger partial charge in [0, 0.05) is 18.8 Å². The summed E-state index contributed by atoms with van der Waals surface area (Å²) in [6.07, 6.45) is 7.97. The van der Waals surface area contributed by atoms with Gasteiger partial charge in [-0.25, -0.2) is 0 Å². The van der Waals surface area contributed by atoms with Crippen LogP contribution in [-0.2, 0) is 31.2 Å². The number of amides is 1. The van der Waals surface area contributed by atoms with Crippen LogP contribution in [0.1, 0.15) is 54.6 Å². The van der Waals surface area contributed by atoms with Gasteiger partial charge in [0.1, 0.15) is 5.75 Å². The van der Waals surface area contributed by atoms with Gasteiger partial charge in [0.05, 0.1) is 12.2 Å². The molecular weight excluding hydrogens is 338 g/mol. The van der Waals surface area contributed by atoms with Crippen LogP contribution in [0.5, 0.6) is 5.75 Å². The third-order valence-electron chi connectivity index (χ3n) is 5.99. The number of ether oxygens (including phenoxy) is 1. The summed E-state index contributed by atoms with van der Waals surface area (Å²) in [5, 5.41) is 4.74. The summed E-state index contributed by atoms with van der Waals surface area (Å²) in [5.74, 6) is 0.818. The lowest BCUT2D eigenvalue weighted by atomic mass is 10.1. The van der Waals surface area contributed by atoms with Crippen LogP contribution >= 0.6 is 0 Å². The molecule has 0 unspecified atom stereocenters. The maximum Gasteiger partial charge on any atom is 0.261 e. The molecule has 0 atom stereocenters. The molecule has 2 aliphatic rings. The molecule has 27 heavy (non-hydrogen) atoms. The molecule has 0 N–H and O–H groups in total. The highest BCUT2D eigenvalue weighted by Gasteiger charge is 2.30. The Kier molecular flexibility index (Phi) is 5.19. The Morgan fingerprint density at radius 2 is 1.93 bits per heavy atom. The number of aromatic nitrogens is 2. The van der Waals surface area contributed by atoms with E-state index in [1.165, 1.54) is 36.1 Å². The molecule has 1 aromatic carbocycles. The highest BCUT2D eigenvalue weighted by molar-refractivity contribution is 5.78. The Balaban J connectivity index is 1.48. The van der Waals surface area contributed by atoms with Crippen molar-refractivity contribution in [3.8, 4) is 5.75 Å². The van der Waals surface area contributed by atoms with Gasteiger partial charge in [-0.3, -0.25) is 9.48 Å². The summed E-state index contributed by atoms with van der Waals surface area (Å²) in [6.45, 7) is 2.75. The molecule has 0 spiro atoms. The van der Waals surface area contributed by atoms with Gasteiger partial charge in [-0.2, -0.15) is 5.10 Å². The second kappa shape index (κ2) is 7.75. The highest BCUT2D eigenvalue weighted by atomic mass is 16.5. The number of nitrogens with zero attached hydrogens (tertiary/aromatic N) is 3. The highest BCUT2D eigenvalue weighted by Crippen LogP contribution is 2.29. The summed E-state index contributed by atoms with van der Waals surface area (Å²) < 4.78 is 7.79. The average Bonchev–Trinajstić information content (AvgIpc) is 3.40. The smallest absolute Gasteiger partial charge is 0.261 e. The number of hydrogen-bond acceptors (Lipinski definition) is 3. The molecule has 1 heterocycles. The summed E-state index contributed by atoms with van der Waals surface area (Å²) in [6, 6.07) is 8.18. The molecule has 0 aliphatic heterocycles. The fourth-order valence-corrected chi connectivity index (χ4v) is 4.49. The minimum atomic E-state index is 0.0693. The molecule has 0 radical (unpaired) electrons. The van der Waals surface area contributed by atoms with Gasteiger partial charge in [-0.1, -0.05) is 30.5 Å². The first kappa shape index (κ1) is 18.1. The van der Waals surface area contributed by atoms with Gasteiger partial charge in [0.15, 0.2) is 6.61 Å². The second-order valence-electron chi connectivity index (χ2n) is 7.91. The van der Waals surface area contributed by atoms with E-state index in [0.717, 1.165) is 37.1 Å². The third kappa shape index (κ3) is 3.87. The summed E-state index contributed by atoms with van der Waals surface area (Å²) in [4.78, 5) is 15.1. The van der Waals surface area contributed by atoms with Crippen molar-refractivity contribution in [2.75, 3.05) is 6.61 Å². The summed E-state index contributed by atoms with van der Waals surface area (Å²) in [5.41, 5.74) is 4.98. The van der Waals surface area contributed by atoms with Crippen LogP contribution < -0.4 is 4.74 Å². The topological polar surface area (TPSA) is 47.4 Å². The van der Waals surface area contributed by atoms with Crippen molar-refractivity contribution < 1.29 is 9.53 Å². The maximum absolute atomic E-state index is 13.0. The van der Waals surface area contributed by atoms with E-state index < -0.39 is 0 Å². The molecule has 4 rings (SSSR count). The predicted molar refractivity (Wildman–Crippen MR) is 105 cm³/mol. The van der Waals surface area contributed by atoms with Crippen LogP contribution in [0.4, 0.5) is 0 Å². The molecule has 0 saturated heterocycles. The van der Waals surface area contributed by atoms with Gasteiger partial charge >= 0.3 is 0 Å². The molecule has 1 fully saturated rings. The van der Waals surface area contributed by atoms with Crippen molar-refractivity contribution >= 4 is 5.91 Å². The first-order valence-corrected chi connectivity index (χ1v) is 10.1. The monoisotopic (exact) mass is 367 g/mol. The predicted octanol–water partition coefficient (Wildman–Crippen LogP) is 3.57. The minimum absolute atomic E-state index is 0.0693.